The normalized spacial score (nSPS) is 9.76. The number of carbonyl (C=O) groups excluding carboxylic acids is 1. The lowest BCUT2D eigenvalue weighted by Crippen LogP contribution is -2.14. The molecule has 2 N–H and O–H groups in total. The molecule has 6 heteroatoms. The lowest BCUT2D eigenvalue weighted by atomic mass is 10.2. The molecule has 0 unspecified atom stereocenters. The molecule has 0 bridgehead atoms. The van der Waals surface area contributed by atoms with Gasteiger partial charge in [0.25, 0.3) is 5.91 Å². The fourth-order valence-electron chi connectivity index (χ4n) is 1.74. The number of nitriles is 1. The molecule has 2 aromatic rings. The Bertz CT molecular complexity index is 709. The molecule has 2 rings (SSSR count). The van der Waals surface area contributed by atoms with Gasteiger partial charge in [-0.15, -0.1) is 0 Å². The molecule has 0 atom stereocenters. The summed E-state index contributed by atoms with van der Waals surface area (Å²) in [5.74, 6) is -0.360. The zero-order valence-corrected chi connectivity index (χ0v) is 12.1. The third-order valence-corrected chi connectivity index (χ3v) is 3.03. The molecule has 0 saturated heterocycles. The molecule has 5 nitrogen and oxygen atoms in total. The lowest BCUT2D eigenvalue weighted by Gasteiger charge is -2.08. The van der Waals surface area contributed by atoms with Crippen LogP contribution in [-0.4, -0.2) is 17.4 Å². The molecule has 1 aromatic carbocycles. The van der Waals surface area contributed by atoms with Gasteiger partial charge in [0.1, 0.15) is 5.69 Å². The van der Waals surface area contributed by atoms with Crippen LogP contribution in [0, 0.1) is 11.3 Å². The minimum Gasteiger partial charge on any atom is -0.385 e. The first-order valence-electron chi connectivity index (χ1n) is 6.35. The van der Waals surface area contributed by atoms with Crippen LogP contribution in [0.4, 0.5) is 11.4 Å². The maximum absolute atomic E-state index is 12.2. The van der Waals surface area contributed by atoms with Crippen LogP contribution in [0.1, 0.15) is 23.0 Å². The molecule has 1 heterocycles. The molecule has 1 amide bonds. The molecule has 21 heavy (non-hydrogen) atoms. The van der Waals surface area contributed by atoms with Gasteiger partial charge in [0.2, 0.25) is 0 Å². The minimum absolute atomic E-state index is 0.286. The Kier molecular flexibility index (Phi) is 4.75. The van der Waals surface area contributed by atoms with E-state index in [-0.39, 0.29) is 11.6 Å². The first kappa shape index (κ1) is 14.8. The number of benzene rings is 1. The monoisotopic (exact) mass is 300 g/mol. The molecular formula is C15H13ClN4O. The van der Waals surface area contributed by atoms with E-state index in [0.717, 1.165) is 12.2 Å². The summed E-state index contributed by atoms with van der Waals surface area (Å²) in [7, 11) is 0. The van der Waals surface area contributed by atoms with Crippen LogP contribution in [0.25, 0.3) is 0 Å². The van der Waals surface area contributed by atoms with E-state index >= 15 is 0 Å². The number of halogens is 1. The van der Waals surface area contributed by atoms with E-state index in [0.29, 0.717) is 16.3 Å². The molecule has 0 saturated carbocycles. The van der Waals surface area contributed by atoms with Gasteiger partial charge in [0.05, 0.1) is 22.3 Å². The molecule has 0 fully saturated rings. The summed E-state index contributed by atoms with van der Waals surface area (Å²) in [6.45, 7) is 2.73. The van der Waals surface area contributed by atoms with Crippen LogP contribution in [0.5, 0.6) is 0 Å². The van der Waals surface area contributed by atoms with Crippen molar-refractivity contribution in [3.8, 4) is 6.07 Å². The van der Waals surface area contributed by atoms with Gasteiger partial charge < -0.3 is 10.6 Å². The average Bonchev–Trinajstić information content (AvgIpc) is 2.50. The number of pyridine rings is 1. The Hall–Kier alpha value is -2.58. The molecule has 0 aliphatic rings. The minimum atomic E-state index is -0.360. The van der Waals surface area contributed by atoms with Crippen LogP contribution in [-0.2, 0) is 0 Å². The molecule has 0 aliphatic carbocycles. The summed E-state index contributed by atoms with van der Waals surface area (Å²) < 4.78 is 0. The van der Waals surface area contributed by atoms with Crippen molar-refractivity contribution in [2.45, 2.75) is 6.92 Å². The average molecular weight is 301 g/mol. The number of hydrogen-bond acceptors (Lipinski definition) is 4. The van der Waals surface area contributed by atoms with Gasteiger partial charge in [-0.05, 0) is 37.3 Å². The fourth-order valence-corrected chi connectivity index (χ4v) is 1.97. The van der Waals surface area contributed by atoms with Crippen LogP contribution in [0.3, 0.4) is 0 Å². The Morgan fingerprint density at radius 3 is 2.86 bits per heavy atom. The first-order chi connectivity index (χ1) is 10.1. The summed E-state index contributed by atoms with van der Waals surface area (Å²) in [4.78, 5) is 16.2. The molecule has 0 spiro atoms. The van der Waals surface area contributed by atoms with Crippen LogP contribution >= 0.6 is 11.6 Å². The highest BCUT2D eigenvalue weighted by Crippen LogP contribution is 2.23. The predicted molar refractivity (Wildman–Crippen MR) is 82.5 cm³/mol. The van der Waals surface area contributed by atoms with Gasteiger partial charge in [-0.25, -0.2) is 0 Å². The van der Waals surface area contributed by atoms with Crippen LogP contribution in [0.2, 0.25) is 5.02 Å². The molecule has 106 valence electrons. The smallest absolute Gasteiger partial charge is 0.274 e. The number of rotatable bonds is 4. The van der Waals surface area contributed by atoms with E-state index in [4.69, 9.17) is 16.9 Å². The van der Waals surface area contributed by atoms with Crippen molar-refractivity contribution in [2.24, 2.45) is 0 Å². The molecular weight excluding hydrogens is 288 g/mol. The largest absolute Gasteiger partial charge is 0.385 e. The highest BCUT2D eigenvalue weighted by Gasteiger charge is 2.10. The summed E-state index contributed by atoms with van der Waals surface area (Å²) in [5.41, 5.74) is 1.99. The molecule has 1 aromatic heterocycles. The summed E-state index contributed by atoms with van der Waals surface area (Å²) in [5, 5.41) is 14.9. The van der Waals surface area contributed by atoms with Crippen molar-refractivity contribution in [1.29, 1.82) is 5.26 Å². The third kappa shape index (κ3) is 3.71. The summed E-state index contributed by atoms with van der Waals surface area (Å²) >= 11 is 6.02. The highest BCUT2D eigenvalue weighted by molar-refractivity contribution is 6.34. The van der Waals surface area contributed by atoms with Crippen molar-refractivity contribution in [3.63, 3.8) is 0 Å². The van der Waals surface area contributed by atoms with Crippen molar-refractivity contribution in [3.05, 3.63) is 52.8 Å². The number of hydrogen-bond donors (Lipinski definition) is 2. The van der Waals surface area contributed by atoms with E-state index in [1.54, 1.807) is 30.5 Å². The van der Waals surface area contributed by atoms with E-state index in [2.05, 4.69) is 15.6 Å². The Labute approximate surface area is 127 Å². The maximum Gasteiger partial charge on any atom is 0.274 e. The van der Waals surface area contributed by atoms with Crippen LogP contribution < -0.4 is 10.6 Å². The second-order valence-electron chi connectivity index (χ2n) is 4.22. The zero-order chi connectivity index (χ0) is 15.2. The SMILES string of the molecule is CCNc1ccnc(C(=O)Nc2ccc(C#N)cc2Cl)c1. The summed E-state index contributed by atoms with van der Waals surface area (Å²) in [6, 6.07) is 10.1. The van der Waals surface area contributed by atoms with Gasteiger partial charge in [0, 0.05) is 18.4 Å². The fraction of sp³-hybridized carbons (Fsp3) is 0.133. The number of carbonyl (C=O) groups is 1. The Morgan fingerprint density at radius 1 is 1.38 bits per heavy atom. The standard InChI is InChI=1S/C15H13ClN4O/c1-2-18-11-5-6-19-14(8-11)15(21)20-13-4-3-10(9-17)7-12(13)16/h3-8H,2H2,1H3,(H,18,19)(H,20,21). The number of amides is 1. The zero-order valence-electron chi connectivity index (χ0n) is 11.4. The second kappa shape index (κ2) is 6.73. The quantitative estimate of drug-likeness (QED) is 0.908. The number of nitrogens with zero attached hydrogens (tertiary/aromatic N) is 2. The van der Waals surface area contributed by atoms with E-state index in [1.807, 2.05) is 13.0 Å². The van der Waals surface area contributed by atoms with Crippen molar-refractivity contribution < 1.29 is 4.79 Å². The number of anilines is 2. The van der Waals surface area contributed by atoms with Crippen LogP contribution in [0.15, 0.2) is 36.5 Å². The third-order valence-electron chi connectivity index (χ3n) is 2.72. The van der Waals surface area contributed by atoms with Crippen molar-refractivity contribution >= 4 is 28.9 Å². The van der Waals surface area contributed by atoms with Gasteiger partial charge in [-0.3, -0.25) is 9.78 Å². The lowest BCUT2D eigenvalue weighted by molar-refractivity contribution is 0.102. The summed E-state index contributed by atoms with van der Waals surface area (Å²) in [6.07, 6.45) is 1.56. The van der Waals surface area contributed by atoms with Gasteiger partial charge in [-0.2, -0.15) is 5.26 Å². The van der Waals surface area contributed by atoms with E-state index in [1.165, 1.54) is 6.07 Å². The Morgan fingerprint density at radius 2 is 2.19 bits per heavy atom. The van der Waals surface area contributed by atoms with Gasteiger partial charge in [-0.1, -0.05) is 11.6 Å². The Balaban J connectivity index is 2.18. The van der Waals surface area contributed by atoms with E-state index < -0.39 is 0 Å². The van der Waals surface area contributed by atoms with E-state index in [9.17, 15) is 4.79 Å². The first-order valence-corrected chi connectivity index (χ1v) is 6.72. The molecule has 0 aliphatic heterocycles. The van der Waals surface area contributed by atoms with Crippen molar-refractivity contribution in [1.82, 2.24) is 4.98 Å². The predicted octanol–water partition coefficient (Wildman–Crippen LogP) is 3.29. The topological polar surface area (TPSA) is 77.8 Å². The molecule has 0 radical (unpaired) electrons. The van der Waals surface area contributed by atoms with Gasteiger partial charge in [0.15, 0.2) is 0 Å². The van der Waals surface area contributed by atoms with Crippen molar-refractivity contribution in [2.75, 3.05) is 17.2 Å². The van der Waals surface area contributed by atoms with Gasteiger partial charge >= 0.3 is 0 Å². The second-order valence-corrected chi connectivity index (χ2v) is 4.63. The number of aromatic nitrogens is 1. The number of nitrogens with one attached hydrogen (secondary N) is 2. The highest BCUT2D eigenvalue weighted by atomic mass is 35.5. The maximum atomic E-state index is 12.2.